The number of hydrogen-bond acceptors (Lipinski definition) is 3. The van der Waals surface area contributed by atoms with E-state index in [1.54, 1.807) is 0 Å². The predicted molar refractivity (Wildman–Crippen MR) is 70.9 cm³/mol. The Morgan fingerprint density at radius 2 is 1.71 bits per heavy atom. The van der Waals surface area contributed by atoms with Gasteiger partial charge in [-0.1, -0.05) is 20.8 Å². The van der Waals surface area contributed by atoms with E-state index in [2.05, 4.69) is 10.6 Å². The second kappa shape index (κ2) is 6.97. The van der Waals surface area contributed by atoms with Crippen molar-refractivity contribution in [3.8, 4) is 0 Å². The highest BCUT2D eigenvalue weighted by molar-refractivity contribution is 5.85. The van der Waals surface area contributed by atoms with E-state index >= 15 is 0 Å². The molecule has 0 aromatic heterocycles. The first-order valence-electron chi connectivity index (χ1n) is 6.51. The summed E-state index contributed by atoms with van der Waals surface area (Å²) in [6.45, 7) is 11.2. The third kappa shape index (κ3) is 4.64. The fraction of sp³-hybridized carbons (Fsp3) is 0.923. The van der Waals surface area contributed by atoms with Crippen molar-refractivity contribution < 1.29 is 9.90 Å². The van der Waals surface area contributed by atoms with E-state index in [4.69, 9.17) is 0 Å². The predicted octanol–water partition coefficient (Wildman–Crippen LogP) is 1.29. The molecule has 0 unspecified atom stereocenters. The van der Waals surface area contributed by atoms with E-state index in [1.807, 2.05) is 34.6 Å². The van der Waals surface area contributed by atoms with Gasteiger partial charge in [-0.15, -0.1) is 0 Å². The summed E-state index contributed by atoms with van der Waals surface area (Å²) >= 11 is 0. The molecule has 0 heterocycles. The molecular weight excluding hydrogens is 216 g/mol. The molecule has 0 atom stereocenters. The summed E-state index contributed by atoms with van der Waals surface area (Å²) in [7, 11) is 0. The van der Waals surface area contributed by atoms with Gasteiger partial charge in [-0.2, -0.15) is 0 Å². The maximum absolute atomic E-state index is 12.0. The van der Waals surface area contributed by atoms with Crippen LogP contribution in [0.3, 0.4) is 0 Å². The average molecular weight is 244 g/mol. The fourth-order valence-corrected chi connectivity index (χ4v) is 1.79. The third-order valence-corrected chi connectivity index (χ3v) is 3.65. The topological polar surface area (TPSA) is 61.4 Å². The second-order valence-electron chi connectivity index (χ2n) is 5.20. The Morgan fingerprint density at radius 3 is 2.06 bits per heavy atom. The van der Waals surface area contributed by atoms with Gasteiger partial charge in [0.25, 0.3) is 0 Å². The molecule has 0 aliphatic carbocycles. The van der Waals surface area contributed by atoms with Crippen LogP contribution in [-0.2, 0) is 4.79 Å². The minimum absolute atomic E-state index is 0.0147. The summed E-state index contributed by atoms with van der Waals surface area (Å²) in [4.78, 5) is 12.0. The third-order valence-electron chi connectivity index (χ3n) is 3.65. The average Bonchev–Trinajstić information content (AvgIpc) is 2.31. The standard InChI is InChI=1S/C13H28N2O2/c1-6-13(7-2,10-16)9-14-11(17)12(4,5)15-8-3/h15-16H,6-10H2,1-5H3,(H,14,17). The highest BCUT2D eigenvalue weighted by Crippen LogP contribution is 2.24. The van der Waals surface area contributed by atoms with E-state index in [-0.39, 0.29) is 17.9 Å². The number of aliphatic hydroxyl groups excluding tert-OH is 1. The van der Waals surface area contributed by atoms with Gasteiger partial charge < -0.3 is 15.7 Å². The molecule has 0 spiro atoms. The van der Waals surface area contributed by atoms with Gasteiger partial charge in [0.05, 0.1) is 12.1 Å². The Hall–Kier alpha value is -0.610. The van der Waals surface area contributed by atoms with Gasteiger partial charge in [0.2, 0.25) is 5.91 Å². The van der Waals surface area contributed by atoms with Crippen molar-refractivity contribution in [3.63, 3.8) is 0 Å². The van der Waals surface area contributed by atoms with Crippen LogP contribution in [0.15, 0.2) is 0 Å². The molecular formula is C13H28N2O2. The van der Waals surface area contributed by atoms with Crippen LogP contribution in [0.2, 0.25) is 0 Å². The monoisotopic (exact) mass is 244 g/mol. The van der Waals surface area contributed by atoms with Crippen molar-refractivity contribution >= 4 is 5.91 Å². The molecule has 0 radical (unpaired) electrons. The quantitative estimate of drug-likeness (QED) is 0.603. The molecule has 4 nitrogen and oxygen atoms in total. The summed E-state index contributed by atoms with van der Waals surface area (Å²) < 4.78 is 0. The molecule has 0 rings (SSSR count). The lowest BCUT2D eigenvalue weighted by molar-refractivity contribution is -0.127. The molecule has 0 bridgehead atoms. The molecule has 0 saturated heterocycles. The number of amides is 1. The molecule has 0 saturated carbocycles. The van der Waals surface area contributed by atoms with Gasteiger partial charge in [-0.05, 0) is 33.2 Å². The van der Waals surface area contributed by atoms with Gasteiger partial charge in [0, 0.05) is 12.0 Å². The summed E-state index contributed by atoms with van der Waals surface area (Å²) in [6, 6.07) is 0. The van der Waals surface area contributed by atoms with Gasteiger partial charge in [-0.3, -0.25) is 4.79 Å². The van der Waals surface area contributed by atoms with Gasteiger partial charge in [0.1, 0.15) is 0 Å². The molecule has 0 aliphatic heterocycles. The Balaban J connectivity index is 4.40. The molecule has 0 aromatic carbocycles. The van der Waals surface area contributed by atoms with E-state index in [1.165, 1.54) is 0 Å². The summed E-state index contributed by atoms with van der Waals surface area (Å²) in [6.07, 6.45) is 1.73. The minimum atomic E-state index is -0.558. The highest BCUT2D eigenvalue weighted by Gasteiger charge is 2.30. The molecule has 4 heteroatoms. The number of hydrogen-bond donors (Lipinski definition) is 3. The zero-order chi connectivity index (χ0) is 13.5. The van der Waals surface area contributed by atoms with Crippen molar-refractivity contribution in [2.45, 2.75) is 53.0 Å². The Labute approximate surface area is 105 Å². The van der Waals surface area contributed by atoms with Gasteiger partial charge >= 0.3 is 0 Å². The highest BCUT2D eigenvalue weighted by atomic mass is 16.3. The number of aliphatic hydroxyl groups is 1. The van der Waals surface area contributed by atoms with Gasteiger partial charge in [0.15, 0.2) is 0 Å². The number of rotatable bonds is 8. The lowest BCUT2D eigenvalue weighted by atomic mass is 9.83. The molecule has 0 aromatic rings. The van der Waals surface area contributed by atoms with Crippen molar-refractivity contribution in [1.82, 2.24) is 10.6 Å². The Bertz CT molecular complexity index is 227. The van der Waals surface area contributed by atoms with Crippen LogP contribution in [0.4, 0.5) is 0 Å². The van der Waals surface area contributed by atoms with Crippen LogP contribution >= 0.6 is 0 Å². The lowest BCUT2D eigenvalue weighted by Gasteiger charge is -2.32. The Morgan fingerprint density at radius 1 is 1.18 bits per heavy atom. The van der Waals surface area contributed by atoms with Crippen LogP contribution < -0.4 is 10.6 Å². The summed E-state index contributed by atoms with van der Waals surface area (Å²) in [5.41, 5.74) is -0.741. The van der Waals surface area contributed by atoms with Crippen LogP contribution in [0.1, 0.15) is 47.5 Å². The van der Waals surface area contributed by atoms with E-state index in [0.717, 1.165) is 19.4 Å². The largest absolute Gasteiger partial charge is 0.396 e. The van der Waals surface area contributed by atoms with Gasteiger partial charge in [-0.25, -0.2) is 0 Å². The first kappa shape index (κ1) is 16.4. The SMILES string of the molecule is CCNC(C)(C)C(=O)NCC(CC)(CC)CO. The fourth-order valence-electron chi connectivity index (χ4n) is 1.79. The molecule has 1 amide bonds. The summed E-state index contributed by atoms with van der Waals surface area (Å²) in [5, 5.41) is 15.5. The first-order valence-corrected chi connectivity index (χ1v) is 6.51. The van der Waals surface area contributed by atoms with Crippen molar-refractivity contribution in [2.24, 2.45) is 5.41 Å². The Kier molecular flexibility index (Phi) is 6.72. The number of carbonyl (C=O) groups excluding carboxylic acids is 1. The van der Waals surface area contributed by atoms with E-state index < -0.39 is 5.54 Å². The molecule has 17 heavy (non-hydrogen) atoms. The molecule has 3 N–H and O–H groups in total. The zero-order valence-corrected chi connectivity index (χ0v) is 11.9. The van der Waals surface area contributed by atoms with Crippen molar-refractivity contribution in [2.75, 3.05) is 19.7 Å². The number of likely N-dealkylation sites (N-methyl/N-ethyl adjacent to an activating group) is 1. The molecule has 0 aliphatic rings. The van der Waals surface area contributed by atoms with Crippen LogP contribution in [0.25, 0.3) is 0 Å². The minimum Gasteiger partial charge on any atom is -0.396 e. The van der Waals surface area contributed by atoms with E-state index in [9.17, 15) is 9.90 Å². The van der Waals surface area contributed by atoms with Crippen LogP contribution in [0, 0.1) is 5.41 Å². The normalized spacial score (nSPS) is 12.6. The van der Waals surface area contributed by atoms with Crippen molar-refractivity contribution in [1.29, 1.82) is 0 Å². The van der Waals surface area contributed by atoms with Crippen LogP contribution in [0.5, 0.6) is 0 Å². The molecule has 102 valence electrons. The lowest BCUT2D eigenvalue weighted by Crippen LogP contribution is -2.54. The maximum atomic E-state index is 12.0. The zero-order valence-electron chi connectivity index (χ0n) is 11.9. The van der Waals surface area contributed by atoms with Crippen LogP contribution in [-0.4, -0.2) is 36.2 Å². The summed E-state index contributed by atoms with van der Waals surface area (Å²) in [5.74, 6) is -0.0147. The smallest absolute Gasteiger partial charge is 0.239 e. The maximum Gasteiger partial charge on any atom is 0.239 e. The second-order valence-corrected chi connectivity index (χ2v) is 5.20. The van der Waals surface area contributed by atoms with E-state index in [0.29, 0.717) is 6.54 Å². The molecule has 0 fully saturated rings. The van der Waals surface area contributed by atoms with Crippen molar-refractivity contribution in [3.05, 3.63) is 0 Å². The number of carbonyl (C=O) groups is 1. The number of nitrogens with one attached hydrogen (secondary N) is 2. The first-order chi connectivity index (χ1) is 7.87.